The molecule has 1 N–H and O–H groups in total. The largest absolute Gasteiger partial charge is 0.493 e. The van der Waals surface area contributed by atoms with Crippen LogP contribution in [0.25, 0.3) is 10.9 Å². The molecule has 0 saturated carbocycles. The molecule has 41 heavy (non-hydrogen) atoms. The molecular weight excluding hydrogens is 547 g/mol. The van der Waals surface area contributed by atoms with Gasteiger partial charge in [0.25, 0.3) is 0 Å². The number of methoxy groups -OCH3 is 1. The standard InChI is InChI=1S/C31H40ClFN4O4/c1-38-29-19-27-30(28(36-21-35-27)20-34-23-6-7-26(33)25(32)18-23)24(5-2-4-22-8-14-39-15-9-22)31(29)41-13-3-10-37-11-16-40-17-12-37/h6-7,18-19,21-22,34H,2-5,8-17,20H2,1H3. The first kappa shape index (κ1) is 29.8. The van der Waals surface area contributed by atoms with Crippen LogP contribution in [0.2, 0.25) is 5.02 Å². The van der Waals surface area contributed by atoms with Gasteiger partial charge in [-0.05, 0) is 62.6 Å². The van der Waals surface area contributed by atoms with E-state index in [-0.39, 0.29) is 5.02 Å². The maximum absolute atomic E-state index is 13.7. The van der Waals surface area contributed by atoms with Gasteiger partial charge in [0.15, 0.2) is 11.5 Å². The number of hydrogen-bond donors (Lipinski definition) is 1. The summed E-state index contributed by atoms with van der Waals surface area (Å²) in [6.07, 6.45) is 7.69. The van der Waals surface area contributed by atoms with Crippen LogP contribution in [0.4, 0.5) is 10.1 Å². The number of rotatable bonds is 13. The fourth-order valence-corrected chi connectivity index (χ4v) is 5.87. The van der Waals surface area contributed by atoms with Gasteiger partial charge in [-0.3, -0.25) is 4.90 Å². The van der Waals surface area contributed by atoms with Crippen LogP contribution in [0.3, 0.4) is 0 Å². The van der Waals surface area contributed by atoms with Crippen molar-refractivity contribution < 1.29 is 23.3 Å². The second kappa shape index (κ2) is 15.0. The zero-order chi connectivity index (χ0) is 28.4. The minimum absolute atomic E-state index is 0.0776. The molecule has 0 radical (unpaired) electrons. The molecule has 0 bridgehead atoms. The van der Waals surface area contributed by atoms with E-state index >= 15 is 0 Å². The van der Waals surface area contributed by atoms with E-state index in [4.69, 9.17) is 30.5 Å². The molecule has 0 aliphatic carbocycles. The molecule has 2 fully saturated rings. The van der Waals surface area contributed by atoms with Crippen molar-refractivity contribution in [2.24, 2.45) is 5.92 Å². The van der Waals surface area contributed by atoms with Crippen molar-refractivity contribution in [1.82, 2.24) is 14.9 Å². The van der Waals surface area contributed by atoms with Gasteiger partial charge in [0.1, 0.15) is 12.1 Å². The fraction of sp³-hybridized carbons (Fsp3) is 0.548. The summed E-state index contributed by atoms with van der Waals surface area (Å²) in [5, 5.41) is 4.40. The molecule has 8 nitrogen and oxygen atoms in total. The Morgan fingerprint density at radius 3 is 2.66 bits per heavy atom. The van der Waals surface area contributed by atoms with Gasteiger partial charge in [-0.1, -0.05) is 11.6 Å². The smallest absolute Gasteiger partial charge is 0.165 e. The Kier molecular flexibility index (Phi) is 10.9. The van der Waals surface area contributed by atoms with E-state index in [0.717, 1.165) is 118 Å². The molecule has 0 unspecified atom stereocenters. The van der Waals surface area contributed by atoms with Gasteiger partial charge in [-0.2, -0.15) is 0 Å². The third kappa shape index (κ3) is 7.97. The maximum Gasteiger partial charge on any atom is 0.165 e. The molecule has 222 valence electrons. The highest BCUT2D eigenvalue weighted by molar-refractivity contribution is 6.31. The van der Waals surface area contributed by atoms with Gasteiger partial charge >= 0.3 is 0 Å². The molecule has 2 aromatic carbocycles. The van der Waals surface area contributed by atoms with Crippen molar-refractivity contribution in [1.29, 1.82) is 0 Å². The maximum atomic E-state index is 13.7. The van der Waals surface area contributed by atoms with E-state index in [0.29, 0.717) is 24.8 Å². The summed E-state index contributed by atoms with van der Waals surface area (Å²) in [7, 11) is 1.68. The Morgan fingerprint density at radius 1 is 1.07 bits per heavy atom. The highest BCUT2D eigenvalue weighted by Gasteiger charge is 2.21. The lowest BCUT2D eigenvalue weighted by molar-refractivity contribution is 0.0357. The Bertz CT molecular complexity index is 1280. The second-order valence-corrected chi connectivity index (χ2v) is 11.1. The summed E-state index contributed by atoms with van der Waals surface area (Å²) >= 11 is 6.01. The fourth-order valence-electron chi connectivity index (χ4n) is 5.69. The molecule has 0 amide bonds. The van der Waals surface area contributed by atoms with Crippen LogP contribution < -0.4 is 14.8 Å². The van der Waals surface area contributed by atoms with Crippen LogP contribution in [-0.2, 0) is 22.4 Å². The Labute approximate surface area is 246 Å². The lowest BCUT2D eigenvalue weighted by Crippen LogP contribution is -2.37. The predicted molar refractivity (Wildman–Crippen MR) is 159 cm³/mol. The van der Waals surface area contributed by atoms with Crippen molar-refractivity contribution in [3.05, 3.63) is 52.7 Å². The van der Waals surface area contributed by atoms with Gasteiger partial charge in [0, 0.05) is 55.6 Å². The Morgan fingerprint density at radius 2 is 1.88 bits per heavy atom. The van der Waals surface area contributed by atoms with Crippen molar-refractivity contribution in [2.45, 2.75) is 45.1 Å². The molecule has 3 aromatic rings. The molecule has 1 aromatic heterocycles. The summed E-state index contributed by atoms with van der Waals surface area (Å²) in [5.41, 5.74) is 3.45. The lowest BCUT2D eigenvalue weighted by atomic mass is 9.91. The Balaban J connectivity index is 1.40. The van der Waals surface area contributed by atoms with Crippen LogP contribution in [0.1, 0.15) is 43.4 Å². The highest BCUT2D eigenvalue weighted by atomic mass is 35.5. The zero-order valence-electron chi connectivity index (χ0n) is 23.8. The number of fused-ring (bicyclic) bond motifs is 1. The molecule has 3 heterocycles. The van der Waals surface area contributed by atoms with E-state index in [1.165, 1.54) is 6.07 Å². The normalized spacial score (nSPS) is 16.7. The van der Waals surface area contributed by atoms with Crippen LogP contribution in [0.5, 0.6) is 11.5 Å². The molecule has 2 aliphatic heterocycles. The minimum Gasteiger partial charge on any atom is -0.493 e. The van der Waals surface area contributed by atoms with E-state index in [1.54, 1.807) is 25.6 Å². The molecule has 0 atom stereocenters. The third-order valence-corrected chi connectivity index (χ3v) is 8.26. The summed E-state index contributed by atoms with van der Waals surface area (Å²) in [4.78, 5) is 11.7. The first-order valence-electron chi connectivity index (χ1n) is 14.7. The second-order valence-electron chi connectivity index (χ2n) is 10.7. The number of nitrogens with one attached hydrogen (secondary N) is 1. The molecule has 10 heteroatoms. The number of halogens is 2. The monoisotopic (exact) mass is 586 g/mol. The number of ether oxygens (including phenoxy) is 4. The quantitative estimate of drug-likeness (QED) is 0.248. The van der Waals surface area contributed by atoms with Crippen molar-refractivity contribution in [3.8, 4) is 11.5 Å². The van der Waals surface area contributed by atoms with Crippen molar-refractivity contribution in [2.75, 3.05) is 65.1 Å². The topological polar surface area (TPSA) is 78.0 Å². The number of benzene rings is 2. The number of anilines is 1. The van der Waals surface area contributed by atoms with Crippen LogP contribution in [0, 0.1) is 11.7 Å². The van der Waals surface area contributed by atoms with E-state index in [2.05, 4.69) is 20.2 Å². The van der Waals surface area contributed by atoms with Crippen LogP contribution >= 0.6 is 11.6 Å². The number of aryl methyl sites for hydroxylation is 1. The average Bonchev–Trinajstić information content (AvgIpc) is 3.01. The van der Waals surface area contributed by atoms with Crippen LogP contribution in [-0.4, -0.2) is 74.6 Å². The minimum atomic E-state index is -0.445. The van der Waals surface area contributed by atoms with E-state index < -0.39 is 5.82 Å². The molecule has 0 spiro atoms. The number of hydrogen-bond acceptors (Lipinski definition) is 8. The molecule has 5 rings (SSSR count). The summed E-state index contributed by atoms with van der Waals surface area (Å²) in [5.74, 6) is 1.70. The summed E-state index contributed by atoms with van der Waals surface area (Å²) in [6, 6.07) is 6.55. The van der Waals surface area contributed by atoms with Gasteiger partial charge in [0.2, 0.25) is 0 Å². The molecule has 2 saturated heterocycles. The number of morpholine rings is 1. The van der Waals surface area contributed by atoms with E-state index in [9.17, 15) is 4.39 Å². The lowest BCUT2D eigenvalue weighted by Gasteiger charge is -2.26. The molecule has 2 aliphatic rings. The predicted octanol–water partition coefficient (Wildman–Crippen LogP) is 5.89. The highest BCUT2D eigenvalue weighted by Crippen LogP contribution is 2.40. The summed E-state index contributed by atoms with van der Waals surface area (Å²) < 4.78 is 37.1. The van der Waals surface area contributed by atoms with Crippen molar-refractivity contribution in [3.63, 3.8) is 0 Å². The van der Waals surface area contributed by atoms with E-state index in [1.807, 2.05) is 6.07 Å². The van der Waals surface area contributed by atoms with Crippen molar-refractivity contribution >= 4 is 28.2 Å². The summed E-state index contributed by atoms with van der Waals surface area (Å²) in [6.45, 7) is 7.18. The average molecular weight is 587 g/mol. The Hall–Kier alpha value is -2.72. The SMILES string of the molecule is COc1cc2ncnc(CNc3ccc(F)c(Cl)c3)c2c(CCCC2CCOCC2)c1OCCCN1CCOCC1. The number of aromatic nitrogens is 2. The van der Waals surface area contributed by atoms with Gasteiger partial charge in [-0.25, -0.2) is 14.4 Å². The first-order valence-corrected chi connectivity index (χ1v) is 15.0. The zero-order valence-corrected chi connectivity index (χ0v) is 24.6. The number of nitrogens with zero attached hydrogens (tertiary/aromatic N) is 3. The first-order chi connectivity index (χ1) is 20.1. The van der Waals surface area contributed by atoms with Gasteiger partial charge in [0.05, 0.1) is 49.7 Å². The molecular formula is C31H40ClFN4O4. The van der Waals surface area contributed by atoms with Gasteiger partial charge < -0.3 is 24.3 Å². The van der Waals surface area contributed by atoms with Crippen LogP contribution in [0.15, 0.2) is 30.6 Å². The third-order valence-electron chi connectivity index (χ3n) is 7.97. The van der Waals surface area contributed by atoms with Gasteiger partial charge in [-0.15, -0.1) is 0 Å².